The predicted molar refractivity (Wildman–Crippen MR) is 55.4 cm³/mol. The lowest BCUT2D eigenvalue weighted by Crippen LogP contribution is -2.11. The van der Waals surface area contributed by atoms with Crippen molar-refractivity contribution >= 4 is 17.0 Å². The second-order valence-electron chi connectivity index (χ2n) is 3.48. The first-order valence-electron chi connectivity index (χ1n) is 4.42. The summed E-state index contributed by atoms with van der Waals surface area (Å²) in [5.74, 6) is 1.81. The van der Waals surface area contributed by atoms with Gasteiger partial charge in [0.15, 0.2) is 17.0 Å². The summed E-state index contributed by atoms with van der Waals surface area (Å²) in [6.45, 7) is 1.96. The predicted octanol–water partition coefficient (Wildman–Crippen LogP) is 0.738. The molecular formula is C9H13N5. The van der Waals surface area contributed by atoms with Crippen LogP contribution in [0.25, 0.3) is 11.2 Å². The molecule has 0 aliphatic carbocycles. The Kier molecular flexibility index (Phi) is 1.87. The highest BCUT2D eigenvalue weighted by atomic mass is 15.2. The van der Waals surface area contributed by atoms with Crippen LogP contribution in [0.2, 0.25) is 0 Å². The van der Waals surface area contributed by atoms with E-state index in [0.717, 1.165) is 22.8 Å². The first-order chi connectivity index (χ1) is 6.61. The Labute approximate surface area is 82.4 Å². The summed E-state index contributed by atoms with van der Waals surface area (Å²) in [5, 5.41) is 0. The van der Waals surface area contributed by atoms with Crippen molar-refractivity contribution in [3.05, 3.63) is 12.2 Å². The van der Waals surface area contributed by atoms with E-state index in [1.807, 2.05) is 37.5 Å². The molecule has 0 amide bonds. The zero-order valence-electron chi connectivity index (χ0n) is 8.81. The molecule has 0 spiro atoms. The van der Waals surface area contributed by atoms with Crippen molar-refractivity contribution in [2.45, 2.75) is 6.92 Å². The van der Waals surface area contributed by atoms with Crippen molar-refractivity contribution in [1.29, 1.82) is 0 Å². The molecule has 0 aliphatic rings. The Morgan fingerprint density at radius 2 is 2.00 bits per heavy atom. The van der Waals surface area contributed by atoms with Gasteiger partial charge in [-0.2, -0.15) is 0 Å². The van der Waals surface area contributed by atoms with Crippen LogP contribution in [0.15, 0.2) is 6.33 Å². The van der Waals surface area contributed by atoms with E-state index in [1.165, 1.54) is 0 Å². The standard InChI is InChI=1S/C9H13N5/c1-6-12-7-8(13(2)3)10-5-11-9(7)14(6)4/h5H,1-4H3. The fraction of sp³-hybridized carbons (Fsp3) is 0.444. The normalized spacial score (nSPS) is 10.9. The molecule has 2 rings (SSSR count). The summed E-state index contributed by atoms with van der Waals surface area (Å²) in [7, 11) is 5.86. The van der Waals surface area contributed by atoms with Crippen molar-refractivity contribution in [3.8, 4) is 0 Å². The van der Waals surface area contributed by atoms with Gasteiger partial charge in [0.25, 0.3) is 0 Å². The molecule has 0 N–H and O–H groups in total. The molecule has 2 aromatic heterocycles. The van der Waals surface area contributed by atoms with Gasteiger partial charge >= 0.3 is 0 Å². The molecule has 0 fully saturated rings. The number of anilines is 1. The van der Waals surface area contributed by atoms with Gasteiger partial charge in [-0.3, -0.25) is 0 Å². The second-order valence-corrected chi connectivity index (χ2v) is 3.48. The number of aromatic nitrogens is 4. The quantitative estimate of drug-likeness (QED) is 0.667. The zero-order chi connectivity index (χ0) is 10.3. The third-order valence-corrected chi connectivity index (χ3v) is 2.28. The number of hydrogen-bond acceptors (Lipinski definition) is 4. The summed E-state index contributed by atoms with van der Waals surface area (Å²) in [4.78, 5) is 14.8. The molecule has 0 bridgehead atoms. The van der Waals surface area contributed by atoms with Crippen LogP contribution in [0.3, 0.4) is 0 Å². The Hall–Kier alpha value is -1.65. The molecule has 0 unspecified atom stereocenters. The van der Waals surface area contributed by atoms with Crippen LogP contribution in [0.5, 0.6) is 0 Å². The molecule has 0 aliphatic heterocycles. The van der Waals surface area contributed by atoms with E-state index in [-0.39, 0.29) is 0 Å². The van der Waals surface area contributed by atoms with Gasteiger partial charge in [0.2, 0.25) is 0 Å². The maximum atomic E-state index is 4.43. The largest absolute Gasteiger partial charge is 0.361 e. The minimum Gasteiger partial charge on any atom is -0.361 e. The molecule has 0 atom stereocenters. The summed E-state index contributed by atoms with van der Waals surface area (Å²) in [5.41, 5.74) is 1.73. The lowest BCUT2D eigenvalue weighted by Gasteiger charge is -2.10. The minimum atomic E-state index is 0.859. The highest BCUT2D eigenvalue weighted by Gasteiger charge is 2.11. The number of hydrogen-bond donors (Lipinski definition) is 0. The van der Waals surface area contributed by atoms with Gasteiger partial charge in [0, 0.05) is 21.1 Å². The van der Waals surface area contributed by atoms with Crippen LogP contribution in [-0.4, -0.2) is 33.6 Å². The SMILES string of the molecule is Cc1nc2c(N(C)C)ncnc2n1C. The van der Waals surface area contributed by atoms with E-state index in [0.29, 0.717) is 0 Å². The lowest BCUT2D eigenvalue weighted by atomic mass is 10.5. The molecule has 0 saturated carbocycles. The average Bonchev–Trinajstić information content (AvgIpc) is 2.43. The van der Waals surface area contributed by atoms with Crippen LogP contribution in [-0.2, 0) is 7.05 Å². The molecule has 2 aromatic rings. The van der Waals surface area contributed by atoms with Crippen molar-refractivity contribution < 1.29 is 0 Å². The highest BCUT2D eigenvalue weighted by molar-refractivity contribution is 5.83. The molecule has 74 valence electrons. The molecule has 0 aromatic carbocycles. The van der Waals surface area contributed by atoms with Gasteiger partial charge in [-0.05, 0) is 6.92 Å². The molecule has 0 radical (unpaired) electrons. The molecule has 5 heteroatoms. The van der Waals surface area contributed by atoms with Crippen LogP contribution in [0.4, 0.5) is 5.82 Å². The fourth-order valence-corrected chi connectivity index (χ4v) is 1.42. The molecule has 14 heavy (non-hydrogen) atoms. The van der Waals surface area contributed by atoms with E-state index in [1.54, 1.807) is 6.33 Å². The summed E-state index contributed by atoms with van der Waals surface area (Å²) in [6, 6.07) is 0. The Bertz CT molecular complexity index is 471. The van der Waals surface area contributed by atoms with Gasteiger partial charge < -0.3 is 9.47 Å². The van der Waals surface area contributed by atoms with E-state index < -0.39 is 0 Å². The zero-order valence-corrected chi connectivity index (χ0v) is 8.81. The van der Waals surface area contributed by atoms with Crippen molar-refractivity contribution in [3.63, 3.8) is 0 Å². The van der Waals surface area contributed by atoms with Crippen molar-refractivity contribution in [1.82, 2.24) is 19.5 Å². The Morgan fingerprint density at radius 3 is 2.64 bits per heavy atom. The molecule has 2 heterocycles. The second kappa shape index (κ2) is 2.94. The average molecular weight is 191 g/mol. The van der Waals surface area contributed by atoms with Crippen LogP contribution < -0.4 is 4.90 Å². The van der Waals surface area contributed by atoms with E-state index in [2.05, 4.69) is 15.0 Å². The Balaban J connectivity index is 2.81. The van der Waals surface area contributed by atoms with Gasteiger partial charge in [0.05, 0.1) is 0 Å². The monoisotopic (exact) mass is 191 g/mol. The summed E-state index contributed by atoms with van der Waals surface area (Å²) >= 11 is 0. The number of aryl methyl sites for hydroxylation is 2. The maximum absolute atomic E-state index is 4.43. The number of nitrogens with zero attached hydrogens (tertiary/aromatic N) is 5. The summed E-state index contributed by atoms with van der Waals surface area (Å²) < 4.78 is 1.96. The van der Waals surface area contributed by atoms with E-state index in [4.69, 9.17) is 0 Å². The molecule has 5 nitrogen and oxygen atoms in total. The minimum absolute atomic E-state index is 0.859. The van der Waals surface area contributed by atoms with Crippen molar-refractivity contribution in [2.24, 2.45) is 7.05 Å². The van der Waals surface area contributed by atoms with Crippen LogP contribution in [0, 0.1) is 6.92 Å². The molecular weight excluding hydrogens is 178 g/mol. The Morgan fingerprint density at radius 1 is 1.29 bits per heavy atom. The van der Waals surface area contributed by atoms with Gasteiger partial charge in [-0.1, -0.05) is 0 Å². The van der Waals surface area contributed by atoms with E-state index in [9.17, 15) is 0 Å². The third-order valence-electron chi connectivity index (χ3n) is 2.28. The number of imidazole rings is 1. The first-order valence-corrected chi connectivity index (χ1v) is 4.42. The first kappa shape index (κ1) is 8.93. The lowest BCUT2D eigenvalue weighted by molar-refractivity contribution is 0.872. The van der Waals surface area contributed by atoms with Gasteiger partial charge in [-0.25, -0.2) is 15.0 Å². The van der Waals surface area contributed by atoms with Gasteiger partial charge in [-0.15, -0.1) is 0 Å². The summed E-state index contributed by atoms with van der Waals surface area (Å²) in [6.07, 6.45) is 1.57. The van der Waals surface area contributed by atoms with E-state index >= 15 is 0 Å². The number of rotatable bonds is 1. The smallest absolute Gasteiger partial charge is 0.165 e. The van der Waals surface area contributed by atoms with Crippen LogP contribution >= 0.6 is 0 Å². The fourth-order valence-electron chi connectivity index (χ4n) is 1.42. The van der Waals surface area contributed by atoms with Crippen molar-refractivity contribution in [2.75, 3.05) is 19.0 Å². The molecule has 0 saturated heterocycles. The van der Waals surface area contributed by atoms with Gasteiger partial charge in [0.1, 0.15) is 12.2 Å². The highest BCUT2D eigenvalue weighted by Crippen LogP contribution is 2.20. The topological polar surface area (TPSA) is 46.8 Å². The third kappa shape index (κ3) is 1.13. The maximum Gasteiger partial charge on any atom is 0.165 e. The van der Waals surface area contributed by atoms with Crippen LogP contribution in [0.1, 0.15) is 5.82 Å². The number of fused-ring (bicyclic) bond motifs is 1.